The van der Waals surface area contributed by atoms with Crippen molar-refractivity contribution in [3.8, 4) is 0 Å². The van der Waals surface area contributed by atoms with E-state index in [1.165, 1.54) is 18.2 Å². The molecule has 2 aromatic carbocycles. The van der Waals surface area contributed by atoms with Crippen molar-refractivity contribution in [3.63, 3.8) is 0 Å². The van der Waals surface area contributed by atoms with E-state index in [0.717, 1.165) is 0 Å². The lowest BCUT2D eigenvalue weighted by Crippen LogP contribution is -2.21. The number of carbonyl (C=O) groups is 1. The van der Waals surface area contributed by atoms with Crippen molar-refractivity contribution >= 4 is 28.9 Å². The van der Waals surface area contributed by atoms with Gasteiger partial charge >= 0.3 is 0 Å². The summed E-state index contributed by atoms with van der Waals surface area (Å²) in [5.41, 5.74) is 1.16. The largest absolute Gasteiger partial charge is 0.321 e. The molecule has 0 saturated carbocycles. The SMILES string of the molecule is O=C1Nc2ccc(F)cc2C(c2ccccc2Cl)=NC1F. The van der Waals surface area contributed by atoms with E-state index in [4.69, 9.17) is 11.6 Å². The van der Waals surface area contributed by atoms with Crippen molar-refractivity contribution in [2.45, 2.75) is 6.30 Å². The Balaban J connectivity index is 2.27. The molecular formula is C15H9ClF2N2O. The van der Waals surface area contributed by atoms with Gasteiger partial charge in [0.25, 0.3) is 12.2 Å². The predicted octanol–water partition coefficient (Wildman–Crippen LogP) is 3.56. The molecule has 0 radical (unpaired) electrons. The van der Waals surface area contributed by atoms with Gasteiger partial charge in [-0.1, -0.05) is 29.8 Å². The zero-order valence-electron chi connectivity index (χ0n) is 10.6. The number of alkyl halides is 1. The Morgan fingerprint density at radius 1 is 1.14 bits per heavy atom. The third-order valence-corrected chi connectivity index (χ3v) is 3.41. The summed E-state index contributed by atoms with van der Waals surface area (Å²) in [4.78, 5) is 15.4. The Hall–Kier alpha value is -2.27. The number of rotatable bonds is 1. The molecule has 0 fully saturated rings. The van der Waals surface area contributed by atoms with E-state index in [1.54, 1.807) is 24.3 Å². The Morgan fingerprint density at radius 3 is 2.67 bits per heavy atom. The van der Waals surface area contributed by atoms with Crippen molar-refractivity contribution in [1.82, 2.24) is 0 Å². The highest BCUT2D eigenvalue weighted by molar-refractivity contribution is 6.36. The normalized spacial score (nSPS) is 17.6. The molecular weight excluding hydrogens is 298 g/mol. The van der Waals surface area contributed by atoms with Crippen LogP contribution in [0.4, 0.5) is 14.5 Å². The van der Waals surface area contributed by atoms with Crippen LogP contribution in [0.25, 0.3) is 0 Å². The van der Waals surface area contributed by atoms with Gasteiger partial charge in [0.1, 0.15) is 5.82 Å². The molecule has 2 aromatic rings. The van der Waals surface area contributed by atoms with Gasteiger partial charge in [-0.25, -0.2) is 13.8 Å². The average Bonchev–Trinajstić information content (AvgIpc) is 2.58. The van der Waals surface area contributed by atoms with Gasteiger partial charge < -0.3 is 5.32 Å². The van der Waals surface area contributed by atoms with Gasteiger partial charge in [-0.2, -0.15) is 0 Å². The van der Waals surface area contributed by atoms with Crippen LogP contribution in [0.5, 0.6) is 0 Å². The molecule has 106 valence electrons. The van der Waals surface area contributed by atoms with Crippen molar-refractivity contribution in [3.05, 3.63) is 64.4 Å². The van der Waals surface area contributed by atoms with Crippen LogP contribution in [-0.4, -0.2) is 17.9 Å². The van der Waals surface area contributed by atoms with Crippen LogP contribution in [0, 0.1) is 5.82 Å². The van der Waals surface area contributed by atoms with Crippen molar-refractivity contribution in [2.24, 2.45) is 4.99 Å². The van der Waals surface area contributed by atoms with E-state index >= 15 is 0 Å². The molecule has 1 N–H and O–H groups in total. The fourth-order valence-electron chi connectivity index (χ4n) is 2.12. The summed E-state index contributed by atoms with van der Waals surface area (Å²) in [6.45, 7) is 0. The average molecular weight is 307 g/mol. The number of nitrogens with zero attached hydrogens (tertiary/aromatic N) is 1. The summed E-state index contributed by atoms with van der Waals surface area (Å²) in [7, 11) is 0. The van der Waals surface area contributed by atoms with E-state index in [0.29, 0.717) is 16.3 Å². The minimum Gasteiger partial charge on any atom is -0.321 e. The first-order chi connectivity index (χ1) is 10.1. The first kappa shape index (κ1) is 13.7. The molecule has 0 spiro atoms. The molecule has 1 aliphatic heterocycles. The van der Waals surface area contributed by atoms with Gasteiger partial charge in [0.2, 0.25) is 0 Å². The van der Waals surface area contributed by atoms with Gasteiger partial charge in [0.05, 0.1) is 11.4 Å². The number of hydrogen-bond acceptors (Lipinski definition) is 2. The topological polar surface area (TPSA) is 41.5 Å². The highest BCUT2D eigenvalue weighted by atomic mass is 35.5. The molecule has 0 aliphatic carbocycles. The Labute approximate surface area is 124 Å². The molecule has 3 rings (SSSR count). The molecule has 0 saturated heterocycles. The number of halogens is 3. The van der Waals surface area contributed by atoms with Crippen LogP contribution in [0.15, 0.2) is 47.5 Å². The molecule has 1 heterocycles. The number of nitrogens with one attached hydrogen (secondary N) is 1. The van der Waals surface area contributed by atoms with Crippen LogP contribution in [0.1, 0.15) is 11.1 Å². The minimum absolute atomic E-state index is 0.140. The van der Waals surface area contributed by atoms with Crippen molar-refractivity contribution in [1.29, 1.82) is 0 Å². The maximum atomic E-state index is 13.8. The maximum Gasteiger partial charge on any atom is 0.281 e. The monoisotopic (exact) mass is 306 g/mol. The lowest BCUT2D eigenvalue weighted by molar-refractivity contribution is -0.120. The number of fused-ring (bicyclic) bond motifs is 1. The van der Waals surface area contributed by atoms with Crippen molar-refractivity contribution in [2.75, 3.05) is 5.32 Å². The molecule has 21 heavy (non-hydrogen) atoms. The summed E-state index contributed by atoms with van der Waals surface area (Å²) < 4.78 is 27.4. The minimum atomic E-state index is -2.08. The van der Waals surface area contributed by atoms with Gasteiger partial charge in [0.15, 0.2) is 0 Å². The maximum absolute atomic E-state index is 13.8. The lowest BCUT2D eigenvalue weighted by atomic mass is 10.0. The highest BCUT2D eigenvalue weighted by Gasteiger charge is 2.26. The molecule has 1 unspecified atom stereocenters. The molecule has 6 heteroatoms. The molecule has 1 amide bonds. The number of benzene rings is 2. The molecule has 3 nitrogen and oxygen atoms in total. The first-order valence-electron chi connectivity index (χ1n) is 6.14. The fraction of sp³-hybridized carbons (Fsp3) is 0.0667. The molecule has 1 atom stereocenters. The zero-order chi connectivity index (χ0) is 15.0. The van der Waals surface area contributed by atoms with E-state index in [2.05, 4.69) is 10.3 Å². The lowest BCUT2D eigenvalue weighted by Gasteiger charge is -2.11. The van der Waals surface area contributed by atoms with Crippen LogP contribution in [0.2, 0.25) is 5.02 Å². The number of anilines is 1. The van der Waals surface area contributed by atoms with Gasteiger partial charge in [0, 0.05) is 16.1 Å². The third kappa shape index (κ3) is 2.52. The molecule has 0 bridgehead atoms. The third-order valence-electron chi connectivity index (χ3n) is 3.08. The van der Waals surface area contributed by atoms with E-state index < -0.39 is 18.0 Å². The van der Waals surface area contributed by atoms with Crippen molar-refractivity contribution < 1.29 is 13.6 Å². The summed E-state index contributed by atoms with van der Waals surface area (Å²) in [6, 6.07) is 10.4. The Bertz CT molecular complexity index is 761. The predicted molar refractivity (Wildman–Crippen MR) is 77.0 cm³/mol. The summed E-state index contributed by atoms with van der Waals surface area (Å²) in [5, 5.41) is 2.72. The number of hydrogen-bond donors (Lipinski definition) is 1. The zero-order valence-corrected chi connectivity index (χ0v) is 11.4. The Morgan fingerprint density at radius 2 is 1.90 bits per heavy atom. The van der Waals surface area contributed by atoms with Crippen LogP contribution >= 0.6 is 11.6 Å². The number of carbonyl (C=O) groups excluding carboxylic acids is 1. The van der Waals surface area contributed by atoms with Crippen LogP contribution < -0.4 is 5.32 Å². The molecule has 1 aliphatic rings. The van der Waals surface area contributed by atoms with E-state index in [9.17, 15) is 13.6 Å². The standard InChI is InChI=1S/C15H9ClF2N2O/c16-11-4-2-1-3-9(11)13-10-7-8(17)5-6-12(10)19-15(21)14(18)20-13/h1-7,14H,(H,19,21). The summed E-state index contributed by atoms with van der Waals surface area (Å²) in [6.07, 6.45) is -2.08. The second kappa shape index (κ2) is 5.26. The van der Waals surface area contributed by atoms with Gasteiger partial charge in [-0.05, 0) is 24.3 Å². The smallest absolute Gasteiger partial charge is 0.281 e. The van der Waals surface area contributed by atoms with E-state index in [-0.39, 0.29) is 11.3 Å². The quantitative estimate of drug-likeness (QED) is 0.804. The second-order valence-electron chi connectivity index (χ2n) is 4.47. The van der Waals surface area contributed by atoms with Gasteiger partial charge in [-0.3, -0.25) is 4.79 Å². The summed E-state index contributed by atoms with van der Waals surface area (Å²) in [5.74, 6) is -1.41. The van der Waals surface area contributed by atoms with Crippen LogP contribution in [0.3, 0.4) is 0 Å². The van der Waals surface area contributed by atoms with Crippen LogP contribution in [-0.2, 0) is 4.79 Å². The fourth-order valence-corrected chi connectivity index (χ4v) is 2.35. The van der Waals surface area contributed by atoms with Gasteiger partial charge in [-0.15, -0.1) is 0 Å². The number of benzodiazepines with no additional fused rings is 1. The molecule has 0 aromatic heterocycles. The number of aliphatic imine (C=N–C) groups is 1. The second-order valence-corrected chi connectivity index (χ2v) is 4.88. The Kier molecular flexibility index (Phi) is 3.43. The number of amides is 1. The van der Waals surface area contributed by atoms with E-state index in [1.807, 2.05) is 0 Å². The first-order valence-corrected chi connectivity index (χ1v) is 6.51. The summed E-state index contributed by atoms with van der Waals surface area (Å²) >= 11 is 6.10. The highest BCUT2D eigenvalue weighted by Crippen LogP contribution is 2.28.